The highest BCUT2D eigenvalue weighted by Gasteiger charge is 2.20. The van der Waals surface area contributed by atoms with E-state index in [1.165, 1.54) is 0 Å². The minimum absolute atomic E-state index is 0.383. The van der Waals surface area contributed by atoms with E-state index in [1.54, 1.807) is 0 Å². The Morgan fingerprint density at radius 1 is 1.47 bits per heavy atom. The van der Waals surface area contributed by atoms with E-state index in [1.807, 2.05) is 43.3 Å². The van der Waals surface area contributed by atoms with Crippen molar-refractivity contribution >= 4 is 5.97 Å². The van der Waals surface area contributed by atoms with Gasteiger partial charge in [-0.1, -0.05) is 37.3 Å². The summed E-state index contributed by atoms with van der Waals surface area (Å²) in [5.41, 5.74) is 0.945. The van der Waals surface area contributed by atoms with E-state index in [4.69, 9.17) is 10.4 Å². The number of hydrogen-bond donors (Lipinski definition) is 2. The summed E-state index contributed by atoms with van der Waals surface area (Å²) < 4.78 is 0. The zero-order valence-electron chi connectivity index (χ0n) is 9.76. The fraction of sp³-hybridized carbons (Fsp3) is 0.385. The predicted octanol–water partition coefficient (Wildman–Crippen LogP) is 1.57. The average Bonchev–Trinajstić information content (AvgIpc) is 2.35. The van der Waals surface area contributed by atoms with E-state index in [2.05, 4.69) is 5.32 Å². The van der Waals surface area contributed by atoms with E-state index in [0.29, 0.717) is 12.8 Å². The summed E-state index contributed by atoms with van der Waals surface area (Å²) in [5.74, 6) is -0.928. The van der Waals surface area contributed by atoms with Crippen LogP contribution in [0.15, 0.2) is 30.3 Å². The van der Waals surface area contributed by atoms with Gasteiger partial charge in [-0.15, -0.1) is 0 Å². The van der Waals surface area contributed by atoms with Crippen molar-refractivity contribution in [3.63, 3.8) is 0 Å². The van der Waals surface area contributed by atoms with Crippen LogP contribution in [0.2, 0.25) is 0 Å². The lowest BCUT2D eigenvalue weighted by atomic mass is 10.0. The number of nitrogens with one attached hydrogen (secondary N) is 1. The van der Waals surface area contributed by atoms with Gasteiger partial charge in [0.25, 0.3) is 0 Å². The quantitative estimate of drug-likeness (QED) is 0.781. The molecule has 0 aromatic heterocycles. The molecule has 4 heteroatoms. The van der Waals surface area contributed by atoms with Gasteiger partial charge in [-0.05, 0) is 18.4 Å². The number of nitrogens with zero attached hydrogens (tertiary/aromatic N) is 1. The molecular weight excluding hydrogens is 216 g/mol. The monoisotopic (exact) mass is 232 g/mol. The molecule has 0 spiro atoms. The van der Waals surface area contributed by atoms with Gasteiger partial charge in [0.2, 0.25) is 0 Å². The third kappa shape index (κ3) is 4.25. The van der Waals surface area contributed by atoms with Crippen LogP contribution in [0, 0.1) is 11.3 Å². The normalized spacial score (nSPS) is 13.6. The van der Waals surface area contributed by atoms with E-state index in [-0.39, 0.29) is 0 Å². The number of benzene rings is 1. The van der Waals surface area contributed by atoms with Gasteiger partial charge in [-0.25, -0.2) is 0 Å². The molecule has 4 nitrogen and oxygen atoms in total. The van der Waals surface area contributed by atoms with Crippen LogP contribution in [0.25, 0.3) is 0 Å². The predicted molar refractivity (Wildman–Crippen MR) is 64.4 cm³/mol. The molecule has 2 unspecified atom stereocenters. The van der Waals surface area contributed by atoms with Crippen molar-refractivity contribution in [3.05, 3.63) is 35.9 Å². The SMILES string of the molecule is CCC(C#N)NC(Cc1ccccc1)C(=O)O. The molecule has 0 amide bonds. The Morgan fingerprint density at radius 3 is 2.59 bits per heavy atom. The Balaban J connectivity index is 2.68. The molecule has 0 saturated carbocycles. The molecule has 0 fully saturated rings. The van der Waals surface area contributed by atoms with Gasteiger partial charge in [-0.3, -0.25) is 10.1 Å². The van der Waals surface area contributed by atoms with Gasteiger partial charge in [0.05, 0.1) is 12.1 Å². The second kappa shape index (κ2) is 6.66. The van der Waals surface area contributed by atoms with Gasteiger partial charge in [-0.2, -0.15) is 5.26 Å². The van der Waals surface area contributed by atoms with E-state index in [9.17, 15) is 4.79 Å². The number of hydrogen-bond acceptors (Lipinski definition) is 3. The molecule has 90 valence electrons. The summed E-state index contributed by atoms with van der Waals surface area (Å²) in [4.78, 5) is 11.1. The lowest BCUT2D eigenvalue weighted by Gasteiger charge is -2.17. The highest BCUT2D eigenvalue weighted by atomic mass is 16.4. The minimum atomic E-state index is -0.928. The lowest BCUT2D eigenvalue weighted by molar-refractivity contribution is -0.139. The van der Waals surface area contributed by atoms with Crippen LogP contribution in [-0.4, -0.2) is 23.2 Å². The van der Waals surface area contributed by atoms with Gasteiger partial charge >= 0.3 is 5.97 Å². The third-order valence-electron chi connectivity index (χ3n) is 2.55. The summed E-state index contributed by atoms with van der Waals surface area (Å²) >= 11 is 0. The molecule has 0 radical (unpaired) electrons. The number of rotatable bonds is 6. The summed E-state index contributed by atoms with van der Waals surface area (Å²) in [6.45, 7) is 1.85. The minimum Gasteiger partial charge on any atom is -0.480 e. The van der Waals surface area contributed by atoms with E-state index < -0.39 is 18.1 Å². The summed E-state index contributed by atoms with van der Waals surface area (Å²) in [7, 11) is 0. The maximum atomic E-state index is 11.1. The summed E-state index contributed by atoms with van der Waals surface area (Å²) in [5, 5.41) is 20.8. The zero-order valence-corrected chi connectivity index (χ0v) is 9.76. The number of aliphatic carboxylic acids is 1. The summed E-state index contributed by atoms with van der Waals surface area (Å²) in [6.07, 6.45) is 0.976. The Hall–Kier alpha value is -1.86. The van der Waals surface area contributed by atoms with Crippen molar-refractivity contribution < 1.29 is 9.90 Å². The highest BCUT2D eigenvalue weighted by molar-refractivity contribution is 5.74. The van der Waals surface area contributed by atoms with E-state index in [0.717, 1.165) is 5.56 Å². The van der Waals surface area contributed by atoms with Crippen molar-refractivity contribution in [1.82, 2.24) is 5.32 Å². The first-order chi connectivity index (χ1) is 8.17. The molecule has 0 bridgehead atoms. The van der Waals surface area contributed by atoms with Gasteiger partial charge in [0, 0.05) is 0 Å². The number of carbonyl (C=O) groups is 1. The first-order valence-electron chi connectivity index (χ1n) is 5.59. The molecule has 0 saturated heterocycles. The van der Waals surface area contributed by atoms with Gasteiger partial charge < -0.3 is 5.11 Å². The average molecular weight is 232 g/mol. The number of carboxylic acid groups (broad SMARTS) is 1. The standard InChI is InChI=1S/C13H16N2O2/c1-2-11(9-14)15-12(13(16)17)8-10-6-4-3-5-7-10/h3-7,11-12,15H,2,8H2,1H3,(H,16,17). The van der Waals surface area contributed by atoms with Crippen molar-refractivity contribution in [2.24, 2.45) is 0 Å². The van der Waals surface area contributed by atoms with Gasteiger partial charge in [0.15, 0.2) is 0 Å². The van der Waals surface area contributed by atoms with Crippen molar-refractivity contribution in [3.8, 4) is 6.07 Å². The largest absolute Gasteiger partial charge is 0.480 e. The number of nitriles is 1. The zero-order chi connectivity index (χ0) is 12.7. The molecule has 1 rings (SSSR count). The van der Waals surface area contributed by atoms with Crippen LogP contribution in [0.3, 0.4) is 0 Å². The molecule has 0 aliphatic carbocycles. The van der Waals surface area contributed by atoms with Crippen molar-refractivity contribution in [1.29, 1.82) is 5.26 Å². The first-order valence-corrected chi connectivity index (χ1v) is 5.59. The Kier molecular flexibility index (Phi) is 5.18. The van der Waals surface area contributed by atoms with Crippen LogP contribution in [-0.2, 0) is 11.2 Å². The Labute approximate surface area is 101 Å². The molecule has 0 aliphatic heterocycles. The molecule has 17 heavy (non-hydrogen) atoms. The molecule has 2 atom stereocenters. The molecule has 0 heterocycles. The fourth-order valence-corrected chi connectivity index (χ4v) is 1.56. The topological polar surface area (TPSA) is 73.1 Å². The molecule has 2 N–H and O–H groups in total. The van der Waals surface area contributed by atoms with Crippen LogP contribution in [0.1, 0.15) is 18.9 Å². The second-order valence-electron chi connectivity index (χ2n) is 3.84. The smallest absolute Gasteiger partial charge is 0.321 e. The maximum Gasteiger partial charge on any atom is 0.321 e. The van der Waals surface area contributed by atoms with Crippen LogP contribution >= 0.6 is 0 Å². The van der Waals surface area contributed by atoms with Crippen molar-refractivity contribution in [2.75, 3.05) is 0 Å². The fourth-order valence-electron chi connectivity index (χ4n) is 1.56. The first kappa shape index (κ1) is 13.2. The molecule has 1 aromatic carbocycles. The molecule has 0 aliphatic rings. The van der Waals surface area contributed by atoms with Gasteiger partial charge in [0.1, 0.15) is 6.04 Å². The van der Waals surface area contributed by atoms with Crippen LogP contribution in [0.5, 0.6) is 0 Å². The Bertz CT molecular complexity index is 398. The number of carboxylic acids is 1. The maximum absolute atomic E-state index is 11.1. The van der Waals surface area contributed by atoms with E-state index >= 15 is 0 Å². The molecular formula is C13H16N2O2. The highest BCUT2D eigenvalue weighted by Crippen LogP contribution is 2.05. The summed E-state index contributed by atoms with van der Waals surface area (Å²) in [6, 6.07) is 10.3. The van der Waals surface area contributed by atoms with Crippen molar-refractivity contribution in [2.45, 2.75) is 31.8 Å². The third-order valence-corrected chi connectivity index (χ3v) is 2.55. The second-order valence-corrected chi connectivity index (χ2v) is 3.84. The van der Waals surface area contributed by atoms with Crippen LogP contribution in [0.4, 0.5) is 0 Å². The Morgan fingerprint density at radius 2 is 2.12 bits per heavy atom. The lowest BCUT2D eigenvalue weighted by Crippen LogP contribution is -2.43. The molecule has 1 aromatic rings. The van der Waals surface area contributed by atoms with Crippen LogP contribution < -0.4 is 5.32 Å².